The van der Waals surface area contributed by atoms with Gasteiger partial charge in [-0.1, -0.05) is 0 Å². The summed E-state index contributed by atoms with van der Waals surface area (Å²) in [6.07, 6.45) is 0. The number of nitrogens with zero attached hydrogens (tertiary/aromatic N) is 1. The Labute approximate surface area is 122 Å². The Morgan fingerprint density at radius 2 is 1.52 bits per heavy atom. The van der Waals surface area contributed by atoms with Crippen molar-refractivity contribution in [3.63, 3.8) is 0 Å². The zero-order valence-electron chi connectivity index (χ0n) is 12.0. The van der Waals surface area contributed by atoms with Gasteiger partial charge in [0.25, 0.3) is 0 Å². The fourth-order valence-corrected chi connectivity index (χ4v) is 1.78. The van der Waals surface area contributed by atoms with Crippen LogP contribution < -0.4 is 14.4 Å². The Hall–Kier alpha value is -2.12. The van der Waals surface area contributed by atoms with E-state index in [1.54, 1.807) is 11.0 Å². The molecule has 1 aromatic carbocycles. The molecule has 0 spiro atoms. The topological polar surface area (TPSA) is 96.3 Å². The van der Waals surface area contributed by atoms with E-state index in [-0.39, 0.29) is 24.7 Å². The van der Waals surface area contributed by atoms with Gasteiger partial charge in [-0.15, -0.1) is 0 Å². The summed E-state index contributed by atoms with van der Waals surface area (Å²) in [6.45, 7) is 2.93. The first-order valence-corrected chi connectivity index (χ1v) is 6.45. The molecule has 0 atom stereocenters. The molecule has 0 amide bonds. The zero-order valence-corrected chi connectivity index (χ0v) is 12.0. The van der Waals surface area contributed by atoms with E-state index >= 15 is 0 Å². The second kappa shape index (κ2) is 8.23. The van der Waals surface area contributed by atoms with E-state index in [2.05, 4.69) is 0 Å². The fraction of sp³-hybridized carbons (Fsp3) is 0.429. The predicted octanol–water partition coefficient (Wildman–Crippen LogP) is 0.328. The summed E-state index contributed by atoms with van der Waals surface area (Å²) in [5, 5.41) is 18.1. The first-order valence-electron chi connectivity index (χ1n) is 6.45. The second-order valence-corrected chi connectivity index (χ2v) is 4.25. The lowest BCUT2D eigenvalue weighted by molar-refractivity contribution is -0.134. The fourth-order valence-electron chi connectivity index (χ4n) is 1.78. The van der Waals surface area contributed by atoms with Crippen LogP contribution in [0.15, 0.2) is 18.2 Å². The predicted molar refractivity (Wildman–Crippen MR) is 75.4 cm³/mol. The van der Waals surface area contributed by atoms with Gasteiger partial charge in [0.05, 0.1) is 13.2 Å². The summed E-state index contributed by atoms with van der Waals surface area (Å²) >= 11 is 0. The first-order chi connectivity index (χ1) is 9.97. The Bertz CT molecular complexity index is 496. The average molecular weight is 297 g/mol. The molecular weight excluding hydrogens is 278 g/mol. The molecule has 0 aliphatic heterocycles. The van der Waals surface area contributed by atoms with Crippen molar-refractivity contribution in [1.29, 1.82) is 0 Å². The summed E-state index contributed by atoms with van der Waals surface area (Å²) in [4.78, 5) is 23.9. The quantitative estimate of drug-likeness (QED) is 0.553. The van der Waals surface area contributed by atoms with Gasteiger partial charge in [-0.05, 0) is 12.1 Å². The van der Waals surface area contributed by atoms with Gasteiger partial charge in [-0.25, -0.2) is 0 Å². The summed E-state index contributed by atoms with van der Waals surface area (Å²) in [5.74, 6) is -0.833. The number of ether oxygens (including phenoxy) is 2. The number of aliphatic hydroxyl groups excluding tert-OH is 2. The van der Waals surface area contributed by atoms with Gasteiger partial charge in [0.1, 0.15) is 0 Å². The van der Waals surface area contributed by atoms with Crippen LogP contribution in [-0.2, 0) is 9.59 Å². The molecule has 21 heavy (non-hydrogen) atoms. The minimum absolute atomic E-state index is 0.0887. The van der Waals surface area contributed by atoms with Crippen LogP contribution in [0.5, 0.6) is 11.5 Å². The van der Waals surface area contributed by atoms with E-state index in [0.29, 0.717) is 18.8 Å². The molecule has 0 aliphatic rings. The molecule has 0 fully saturated rings. The number of anilines is 1. The van der Waals surface area contributed by atoms with Crippen molar-refractivity contribution in [3.05, 3.63) is 18.2 Å². The van der Waals surface area contributed by atoms with E-state index in [1.165, 1.54) is 26.0 Å². The van der Waals surface area contributed by atoms with Crippen LogP contribution >= 0.6 is 0 Å². The van der Waals surface area contributed by atoms with Crippen LogP contribution in [0.3, 0.4) is 0 Å². The normalized spacial score (nSPS) is 10.1. The lowest BCUT2D eigenvalue weighted by atomic mass is 10.2. The number of benzene rings is 1. The molecule has 1 rings (SSSR count). The highest BCUT2D eigenvalue weighted by atomic mass is 16.6. The molecule has 0 unspecified atom stereocenters. The molecule has 0 bridgehead atoms. The van der Waals surface area contributed by atoms with Crippen molar-refractivity contribution >= 4 is 17.6 Å². The summed E-state index contributed by atoms with van der Waals surface area (Å²) in [6, 6.07) is 4.67. The minimum Gasteiger partial charge on any atom is -0.423 e. The van der Waals surface area contributed by atoms with E-state index < -0.39 is 11.9 Å². The number of rotatable bonds is 7. The van der Waals surface area contributed by atoms with Crippen LogP contribution in [0.1, 0.15) is 13.8 Å². The van der Waals surface area contributed by atoms with Gasteiger partial charge in [-0.2, -0.15) is 0 Å². The Kier molecular flexibility index (Phi) is 6.64. The van der Waals surface area contributed by atoms with E-state index in [1.807, 2.05) is 0 Å². The molecule has 7 nitrogen and oxygen atoms in total. The number of carbonyl (C=O) groups is 2. The van der Waals surface area contributed by atoms with Crippen molar-refractivity contribution < 1.29 is 29.3 Å². The van der Waals surface area contributed by atoms with E-state index in [0.717, 1.165) is 0 Å². The maximum Gasteiger partial charge on any atom is 0.308 e. The Morgan fingerprint density at radius 1 is 1.00 bits per heavy atom. The van der Waals surface area contributed by atoms with Gasteiger partial charge in [0.2, 0.25) is 0 Å². The number of hydrogen-bond acceptors (Lipinski definition) is 7. The molecule has 0 aliphatic carbocycles. The molecule has 2 N–H and O–H groups in total. The van der Waals surface area contributed by atoms with Crippen LogP contribution in [0.2, 0.25) is 0 Å². The first kappa shape index (κ1) is 16.9. The molecule has 0 radical (unpaired) electrons. The molecule has 0 saturated carbocycles. The van der Waals surface area contributed by atoms with Crippen molar-refractivity contribution in [2.24, 2.45) is 0 Å². The highest BCUT2D eigenvalue weighted by molar-refractivity contribution is 5.74. The standard InChI is InChI=1S/C14H19NO6/c1-10(18)20-13-4-3-12(9-14(13)21-11(2)19)15(5-7-16)6-8-17/h3-4,9,16-17H,5-8H2,1-2H3. The monoisotopic (exact) mass is 297 g/mol. The number of esters is 2. The highest BCUT2D eigenvalue weighted by Crippen LogP contribution is 2.32. The summed E-state index contributed by atoms with van der Waals surface area (Å²) in [7, 11) is 0. The van der Waals surface area contributed by atoms with Crippen molar-refractivity contribution in [2.75, 3.05) is 31.2 Å². The largest absolute Gasteiger partial charge is 0.423 e. The van der Waals surface area contributed by atoms with Gasteiger partial charge in [0.15, 0.2) is 11.5 Å². The third-order valence-electron chi connectivity index (χ3n) is 2.54. The van der Waals surface area contributed by atoms with Gasteiger partial charge in [-0.3, -0.25) is 9.59 Å². The second-order valence-electron chi connectivity index (χ2n) is 4.25. The van der Waals surface area contributed by atoms with Crippen LogP contribution in [0.25, 0.3) is 0 Å². The van der Waals surface area contributed by atoms with Crippen LogP contribution in [0, 0.1) is 0 Å². The van der Waals surface area contributed by atoms with Crippen LogP contribution in [0.4, 0.5) is 5.69 Å². The molecule has 0 heterocycles. The number of hydrogen-bond donors (Lipinski definition) is 2. The Morgan fingerprint density at radius 3 is 2.00 bits per heavy atom. The summed E-state index contributed by atoms with van der Waals surface area (Å²) < 4.78 is 9.99. The third kappa shape index (κ3) is 5.41. The SMILES string of the molecule is CC(=O)Oc1ccc(N(CCO)CCO)cc1OC(C)=O. The highest BCUT2D eigenvalue weighted by Gasteiger charge is 2.14. The molecule has 116 valence electrons. The van der Waals surface area contributed by atoms with E-state index in [9.17, 15) is 9.59 Å². The maximum absolute atomic E-state index is 11.1. The van der Waals surface area contributed by atoms with Gasteiger partial charge < -0.3 is 24.6 Å². The number of aliphatic hydroxyl groups is 2. The molecule has 7 heteroatoms. The van der Waals surface area contributed by atoms with Crippen LogP contribution in [-0.4, -0.2) is 48.5 Å². The van der Waals surface area contributed by atoms with Crippen molar-refractivity contribution in [3.8, 4) is 11.5 Å². The number of carbonyl (C=O) groups excluding carboxylic acids is 2. The zero-order chi connectivity index (χ0) is 15.8. The van der Waals surface area contributed by atoms with Crippen molar-refractivity contribution in [2.45, 2.75) is 13.8 Å². The third-order valence-corrected chi connectivity index (χ3v) is 2.54. The lowest BCUT2D eigenvalue weighted by Gasteiger charge is -2.23. The molecular formula is C14H19NO6. The average Bonchev–Trinajstić information content (AvgIpc) is 2.39. The van der Waals surface area contributed by atoms with Gasteiger partial charge in [0, 0.05) is 38.7 Å². The smallest absolute Gasteiger partial charge is 0.308 e. The Balaban J connectivity index is 3.11. The summed E-state index contributed by atoms with van der Waals surface area (Å²) in [5.41, 5.74) is 0.630. The lowest BCUT2D eigenvalue weighted by Crippen LogP contribution is -2.29. The van der Waals surface area contributed by atoms with Gasteiger partial charge >= 0.3 is 11.9 Å². The minimum atomic E-state index is -0.545. The van der Waals surface area contributed by atoms with Crippen molar-refractivity contribution in [1.82, 2.24) is 0 Å². The molecule has 0 saturated heterocycles. The molecule has 0 aromatic heterocycles. The maximum atomic E-state index is 11.1. The molecule has 1 aromatic rings. The van der Waals surface area contributed by atoms with E-state index in [4.69, 9.17) is 19.7 Å².